The smallest absolute Gasteiger partial charge is 0.313 e. The van der Waals surface area contributed by atoms with Crippen LogP contribution in [0.15, 0.2) is 12.2 Å². The summed E-state index contributed by atoms with van der Waals surface area (Å²) < 4.78 is 5.02. The first-order valence-electron chi connectivity index (χ1n) is 19.6. The normalized spacial score (nSPS) is 11.5. The second-order valence-electron chi connectivity index (χ2n) is 13.3. The Morgan fingerprint density at radius 1 is 0.349 bits per heavy atom. The molecule has 0 atom stereocenters. The monoisotopic (exact) mass is 605 g/mol. The molecule has 0 aliphatic rings. The van der Waals surface area contributed by atoms with Gasteiger partial charge in [0.1, 0.15) is 0 Å². The van der Waals surface area contributed by atoms with Gasteiger partial charge in [-0.1, -0.05) is 193 Å². The second-order valence-corrected chi connectivity index (χ2v) is 13.3. The molecular weight excluding hydrogens is 528 g/mol. The van der Waals surface area contributed by atoms with Crippen molar-refractivity contribution in [3.05, 3.63) is 12.2 Å². The number of ether oxygens (including phenoxy) is 1. The van der Waals surface area contributed by atoms with E-state index in [-0.39, 0.29) is 11.9 Å². The molecule has 0 aromatic carbocycles. The van der Waals surface area contributed by atoms with Crippen molar-refractivity contribution in [1.29, 1.82) is 0 Å². The van der Waals surface area contributed by atoms with E-state index in [1.807, 2.05) is 0 Å². The Morgan fingerprint density at radius 2 is 0.581 bits per heavy atom. The molecule has 0 saturated carbocycles. The number of carbonyl (C=O) groups is 2. The number of carbonyl (C=O) groups excluding carboxylic acids is 2. The van der Waals surface area contributed by atoms with Crippen LogP contribution in [0.4, 0.5) is 0 Å². The summed E-state index contributed by atoms with van der Waals surface area (Å²) in [6.45, 7) is 4.55. The average molecular weight is 605 g/mol. The van der Waals surface area contributed by atoms with Crippen molar-refractivity contribution < 1.29 is 14.3 Å². The predicted octanol–water partition coefficient (Wildman–Crippen LogP) is 13.9. The van der Waals surface area contributed by atoms with Crippen molar-refractivity contribution in [3.8, 4) is 0 Å². The van der Waals surface area contributed by atoms with E-state index < -0.39 is 0 Å². The largest absolute Gasteiger partial charge is 0.393 e. The molecule has 0 saturated heterocycles. The van der Waals surface area contributed by atoms with Gasteiger partial charge >= 0.3 is 11.9 Å². The molecule has 0 radical (unpaired) electrons. The Labute approximate surface area is 270 Å². The highest BCUT2D eigenvalue weighted by atomic mass is 16.6. The van der Waals surface area contributed by atoms with Gasteiger partial charge in [-0.3, -0.25) is 9.59 Å². The van der Waals surface area contributed by atoms with Gasteiger partial charge in [0.25, 0.3) is 0 Å². The van der Waals surface area contributed by atoms with Crippen LogP contribution >= 0.6 is 0 Å². The van der Waals surface area contributed by atoms with E-state index in [1.54, 1.807) is 0 Å². The van der Waals surface area contributed by atoms with Crippen LogP contribution in [0.2, 0.25) is 0 Å². The molecular formula is C40H76O3. The lowest BCUT2D eigenvalue weighted by Gasteiger charge is -2.05. The number of hydrogen-bond donors (Lipinski definition) is 0. The SMILES string of the molecule is CCCCCCCC/C=C\CCCCCCCCCCCC(=O)OC(=O)CCCCCCCCCCCCCCCCC. The Kier molecular flexibility index (Phi) is 36.1. The van der Waals surface area contributed by atoms with Crippen molar-refractivity contribution in [3.63, 3.8) is 0 Å². The molecule has 0 aromatic rings. The average Bonchev–Trinajstić information content (AvgIpc) is 3.00. The minimum atomic E-state index is -0.327. The number of hydrogen-bond acceptors (Lipinski definition) is 3. The van der Waals surface area contributed by atoms with Gasteiger partial charge in [0, 0.05) is 12.8 Å². The van der Waals surface area contributed by atoms with E-state index in [2.05, 4.69) is 26.0 Å². The molecule has 0 bridgehead atoms. The maximum Gasteiger partial charge on any atom is 0.313 e. The molecule has 3 nitrogen and oxygen atoms in total. The molecule has 3 heteroatoms. The summed E-state index contributed by atoms with van der Waals surface area (Å²) in [6, 6.07) is 0. The van der Waals surface area contributed by atoms with E-state index in [9.17, 15) is 9.59 Å². The van der Waals surface area contributed by atoms with Crippen molar-refractivity contribution in [2.24, 2.45) is 0 Å². The topological polar surface area (TPSA) is 43.4 Å². The maximum absolute atomic E-state index is 11.9. The minimum absolute atomic E-state index is 0.326. The van der Waals surface area contributed by atoms with Gasteiger partial charge in [-0.05, 0) is 38.5 Å². The van der Waals surface area contributed by atoms with Gasteiger partial charge in [0.15, 0.2) is 0 Å². The van der Waals surface area contributed by atoms with Crippen LogP contribution in [0, 0.1) is 0 Å². The first-order chi connectivity index (χ1) is 21.2. The second kappa shape index (κ2) is 37.1. The van der Waals surface area contributed by atoms with Crippen LogP contribution < -0.4 is 0 Å². The molecule has 43 heavy (non-hydrogen) atoms. The van der Waals surface area contributed by atoms with Gasteiger partial charge < -0.3 is 4.74 Å². The molecule has 0 rings (SSSR count). The Bertz CT molecular complexity index is 597. The van der Waals surface area contributed by atoms with Crippen molar-refractivity contribution >= 4 is 11.9 Å². The van der Waals surface area contributed by atoms with Crippen molar-refractivity contribution in [1.82, 2.24) is 0 Å². The van der Waals surface area contributed by atoms with E-state index >= 15 is 0 Å². The van der Waals surface area contributed by atoms with E-state index in [4.69, 9.17) is 4.74 Å². The molecule has 0 aliphatic carbocycles. The predicted molar refractivity (Wildman–Crippen MR) is 189 cm³/mol. The van der Waals surface area contributed by atoms with Gasteiger partial charge in [0.2, 0.25) is 0 Å². The fraction of sp³-hybridized carbons (Fsp3) is 0.900. The summed E-state index contributed by atoms with van der Waals surface area (Å²) >= 11 is 0. The van der Waals surface area contributed by atoms with Crippen molar-refractivity contribution in [2.75, 3.05) is 0 Å². The minimum Gasteiger partial charge on any atom is -0.393 e. The fourth-order valence-corrected chi connectivity index (χ4v) is 5.92. The highest BCUT2D eigenvalue weighted by molar-refractivity contribution is 5.85. The lowest BCUT2D eigenvalue weighted by Crippen LogP contribution is -2.11. The summed E-state index contributed by atoms with van der Waals surface area (Å²) in [5.74, 6) is -0.653. The zero-order valence-electron chi connectivity index (χ0n) is 29.4. The fourth-order valence-electron chi connectivity index (χ4n) is 5.92. The Morgan fingerprint density at radius 3 is 0.860 bits per heavy atom. The van der Waals surface area contributed by atoms with Crippen LogP contribution in [-0.4, -0.2) is 11.9 Å². The maximum atomic E-state index is 11.9. The molecule has 0 aromatic heterocycles. The zero-order valence-corrected chi connectivity index (χ0v) is 29.4. The van der Waals surface area contributed by atoms with Gasteiger partial charge in [0.05, 0.1) is 0 Å². The summed E-state index contributed by atoms with van der Waals surface area (Å²) in [6.07, 6.45) is 47.0. The molecule has 254 valence electrons. The van der Waals surface area contributed by atoms with Gasteiger partial charge in [-0.15, -0.1) is 0 Å². The van der Waals surface area contributed by atoms with Gasteiger partial charge in [-0.2, -0.15) is 0 Å². The summed E-state index contributed by atoms with van der Waals surface area (Å²) in [5, 5.41) is 0. The van der Waals surface area contributed by atoms with Crippen LogP contribution in [0.25, 0.3) is 0 Å². The van der Waals surface area contributed by atoms with E-state index in [1.165, 1.54) is 180 Å². The highest BCUT2D eigenvalue weighted by Crippen LogP contribution is 2.15. The summed E-state index contributed by atoms with van der Waals surface area (Å²) in [5.41, 5.74) is 0. The molecule has 0 fully saturated rings. The number of unbranched alkanes of at least 4 members (excludes halogenated alkanes) is 29. The first kappa shape index (κ1) is 41.9. The van der Waals surface area contributed by atoms with Crippen LogP contribution in [0.3, 0.4) is 0 Å². The van der Waals surface area contributed by atoms with Crippen LogP contribution in [0.1, 0.15) is 232 Å². The third-order valence-corrected chi connectivity index (χ3v) is 8.85. The highest BCUT2D eigenvalue weighted by Gasteiger charge is 2.10. The molecule has 0 spiro atoms. The summed E-state index contributed by atoms with van der Waals surface area (Å²) in [7, 11) is 0. The van der Waals surface area contributed by atoms with Crippen LogP contribution in [0.5, 0.6) is 0 Å². The van der Waals surface area contributed by atoms with E-state index in [0.717, 1.165) is 25.7 Å². The molecule has 0 heterocycles. The van der Waals surface area contributed by atoms with Gasteiger partial charge in [-0.25, -0.2) is 0 Å². The lowest BCUT2D eigenvalue weighted by molar-refractivity contribution is -0.159. The molecule has 0 aliphatic heterocycles. The van der Waals surface area contributed by atoms with Crippen LogP contribution in [-0.2, 0) is 14.3 Å². The quantitative estimate of drug-likeness (QED) is 0.0313. The third-order valence-electron chi connectivity index (χ3n) is 8.85. The zero-order chi connectivity index (χ0) is 31.3. The third kappa shape index (κ3) is 37.0. The molecule has 0 amide bonds. The lowest BCUT2D eigenvalue weighted by atomic mass is 10.0. The Hall–Kier alpha value is -1.12. The van der Waals surface area contributed by atoms with E-state index in [0.29, 0.717) is 12.8 Å². The Balaban J connectivity index is 3.30. The summed E-state index contributed by atoms with van der Waals surface area (Å²) in [4.78, 5) is 23.9. The number of allylic oxidation sites excluding steroid dienone is 2. The molecule has 0 N–H and O–H groups in total. The van der Waals surface area contributed by atoms with Crippen molar-refractivity contribution in [2.45, 2.75) is 232 Å². The molecule has 0 unspecified atom stereocenters. The number of esters is 2. The standard InChI is InChI=1S/C40H76O3/c1-3-5-7-9-11-13-15-17-19-20-21-22-24-26-28-30-32-34-36-38-40(42)43-39(41)37-35-33-31-29-27-25-23-18-16-14-12-10-8-6-4-2/h17,19H,3-16,18,20-38H2,1-2H3/b19-17-. The first-order valence-corrected chi connectivity index (χ1v) is 19.6. The number of rotatable bonds is 35.